The zero-order valence-corrected chi connectivity index (χ0v) is 50.6. The van der Waals surface area contributed by atoms with E-state index in [-0.39, 0.29) is 67.0 Å². The van der Waals surface area contributed by atoms with Crippen molar-refractivity contribution in [2.24, 2.45) is 0 Å². The Kier molecular flexibility index (Phi) is 22.7. The van der Waals surface area contributed by atoms with Crippen molar-refractivity contribution in [3.05, 3.63) is 149 Å². The molecule has 4 saturated heterocycles. The Morgan fingerprint density at radius 3 is 1.64 bits per heavy atom. The molecule has 4 aliphatic heterocycles. The van der Waals surface area contributed by atoms with Gasteiger partial charge in [-0.2, -0.15) is 9.97 Å². The van der Waals surface area contributed by atoms with E-state index < -0.39 is 35.3 Å². The molecule has 0 aliphatic carbocycles. The predicted octanol–water partition coefficient (Wildman–Crippen LogP) is 10.1. The Balaban J connectivity index is 0.000000206. The van der Waals surface area contributed by atoms with Gasteiger partial charge in [0.2, 0.25) is 17.7 Å². The fourth-order valence-corrected chi connectivity index (χ4v) is 10.4. The van der Waals surface area contributed by atoms with Crippen LogP contribution in [0, 0.1) is 23.3 Å². The van der Waals surface area contributed by atoms with Crippen molar-refractivity contribution in [3.8, 4) is 23.3 Å². The van der Waals surface area contributed by atoms with E-state index in [0.29, 0.717) is 84.9 Å². The van der Waals surface area contributed by atoms with E-state index >= 15 is 0 Å². The summed E-state index contributed by atoms with van der Waals surface area (Å²) in [5.41, 5.74) is 3.78. The first kappa shape index (κ1) is 64.9. The summed E-state index contributed by atoms with van der Waals surface area (Å²) in [4.78, 5) is 64.1. The summed E-state index contributed by atoms with van der Waals surface area (Å²) in [5.74, 6) is -1.79. The number of ether oxygens (including phenoxy) is 8. The maximum absolute atomic E-state index is 13.9. The van der Waals surface area contributed by atoms with Crippen LogP contribution in [-0.2, 0) is 43.5 Å². The first-order valence-electron chi connectivity index (χ1n) is 29.9. The molecule has 4 aliphatic rings. The van der Waals surface area contributed by atoms with E-state index in [4.69, 9.17) is 42.9 Å². The third kappa shape index (κ3) is 17.2. The summed E-state index contributed by atoms with van der Waals surface area (Å²) in [6.45, 7) is 13.4. The number of benzene rings is 4. The van der Waals surface area contributed by atoms with Crippen molar-refractivity contribution in [1.82, 2.24) is 39.3 Å². The van der Waals surface area contributed by atoms with E-state index in [1.165, 1.54) is 32.5 Å². The smallest absolute Gasteiger partial charge is 0.337 e. The number of fused-ring (bicyclic) bond motifs is 1. The summed E-state index contributed by atoms with van der Waals surface area (Å²) in [7, 11) is 2.70. The number of hydrogen-bond acceptors (Lipinski definition) is 19. The van der Waals surface area contributed by atoms with E-state index in [1.54, 1.807) is 42.6 Å². The number of esters is 2. The summed E-state index contributed by atoms with van der Waals surface area (Å²) in [6, 6.07) is 19.6. The molecule has 0 spiro atoms. The highest BCUT2D eigenvalue weighted by molar-refractivity contribution is 5.99. The van der Waals surface area contributed by atoms with Gasteiger partial charge in [0.1, 0.15) is 42.9 Å². The average Bonchev–Trinajstić information content (AvgIpc) is 1.86. The largest absolute Gasteiger partial charge is 0.483 e. The molecule has 0 radical (unpaired) electrons. The number of amides is 1. The first-order valence-corrected chi connectivity index (χ1v) is 29.9. The second kappa shape index (κ2) is 31.1. The molecule has 11 rings (SSSR count). The highest BCUT2D eigenvalue weighted by Crippen LogP contribution is 2.32. The lowest BCUT2D eigenvalue weighted by atomic mass is 10.1. The molecular formula is C64H74F4N10O11. The Labute approximate surface area is 513 Å². The monoisotopic (exact) mass is 1230 g/mol. The summed E-state index contributed by atoms with van der Waals surface area (Å²) < 4.78 is 100. The number of hydrogen-bond donors (Lipinski definition) is 2. The van der Waals surface area contributed by atoms with Crippen LogP contribution in [0.4, 0.5) is 28.9 Å². The molecule has 474 valence electrons. The van der Waals surface area contributed by atoms with E-state index in [9.17, 15) is 31.9 Å². The molecule has 0 bridgehead atoms. The Hall–Kier alpha value is -8.52. The third-order valence-electron chi connectivity index (χ3n) is 15.6. The van der Waals surface area contributed by atoms with Gasteiger partial charge in [-0.05, 0) is 113 Å². The van der Waals surface area contributed by atoms with Crippen LogP contribution in [0.2, 0.25) is 0 Å². The van der Waals surface area contributed by atoms with Crippen molar-refractivity contribution in [3.63, 3.8) is 0 Å². The number of halogens is 4. The summed E-state index contributed by atoms with van der Waals surface area (Å²) in [6.07, 6.45) is 8.05. The number of imidazole rings is 1. The van der Waals surface area contributed by atoms with Crippen LogP contribution in [0.5, 0.6) is 23.3 Å². The number of likely N-dealkylation sites (tertiary alicyclic amines) is 2. The number of aromatic nitrogens is 6. The van der Waals surface area contributed by atoms with Crippen LogP contribution in [0.3, 0.4) is 0 Å². The van der Waals surface area contributed by atoms with Crippen molar-refractivity contribution in [1.29, 1.82) is 0 Å². The van der Waals surface area contributed by atoms with Gasteiger partial charge in [-0.1, -0.05) is 13.8 Å². The number of nitrogens with one attached hydrogen (secondary N) is 2. The Morgan fingerprint density at radius 2 is 1.13 bits per heavy atom. The quantitative estimate of drug-likeness (QED) is 0.0475. The predicted molar refractivity (Wildman–Crippen MR) is 320 cm³/mol. The molecule has 7 aromatic rings. The topological polar surface area (TPSA) is 225 Å². The first-order chi connectivity index (χ1) is 43.2. The molecule has 3 aromatic heterocycles. The van der Waals surface area contributed by atoms with Gasteiger partial charge in [0.25, 0.3) is 0 Å². The van der Waals surface area contributed by atoms with Gasteiger partial charge >= 0.3 is 11.9 Å². The molecule has 4 unspecified atom stereocenters. The maximum Gasteiger partial charge on any atom is 0.337 e. The Morgan fingerprint density at radius 1 is 0.618 bits per heavy atom. The summed E-state index contributed by atoms with van der Waals surface area (Å²) in [5, 5.41) is 6.29. The van der Waals surface area contributed by atoms with E-state index in [2.05, 4.69) is 51.9 Å². The number of carbonyl (C=O) groups excluding carboxylic acids is 3. The molecule has 7 heterocycles. The van der Waals surface area contributed by atoms with Gasteiger partial charge < -0.3 is 53.1 Å². The number of piperidine rings is 2. The van der Waals surface area contributed by atoms with Gasteiger partial charge in [0, 0.05) is 82.6 Å². The van der Waals surface area contributed by atoms with Crippen molar-refractivity contribution in [2.45, 2.75) is 122 Å². The number of rotatable bonds is 22. The third-order valence-corrected chi connectivity index (χ3v) is 15.6. The minimum absolute atomic E-state index is 0.0321. The minimum Gasteiger partial charge on any atom is -0.483 e. The van der Waals surface area contributed by atoms with Crippen LogP contribution < -0.4 is 29.6 Å². The lowest BCUT2D eigenvalue weighted by Gasteiger charge is -2.36. The van der Waals surface area contributed by atoms with Crippen molar-refractivity contribution >= 4 is 40.3 Å². The molecule has 0 saturated carbocycles. The van der Waals surface area contributed by atoms with Crippen LogP contribution >= 0.6 is 0 Å². The number of carbonyl (C=O) groups is 3. The second-order valence-corrected chi connectivity index (χ2v) is 21.4. The number of methoxy groups -OCH3 is 2. The summed E-state index contributed by atoms with van der Waals surface area (Å²) >= 11 is 0. The standard InChI is InChI=1S/C31H35F2N5O6.C31H33F2N5O5.C2H6/c1-19(30(39)36-25-5-3-20(31(40)41-2)15-26(25)35-17-23-10-14-42-23)38-12-8-22(9-13-38)44-29-7-11-34-28(37-29)18-43-27-6-4-21(32)16-24(27)33;1-19(30-35-25-5-3-20(31(39)40-2)15-26(25)38(30)17-23-10-14-41-23)37-12-8-22(9-13-37)43-29-7-11-34-28(36-29)18-42-27-6-4-21(32)16-24(27)33;1-2/h3-7,11,15-16,19,22-23,35H,8-10,12-14,17-18H2,1-2H3,(H,36,39);3-7,11,15-16,19,22-23H,8-10,12-14,17-18H2,1-2H3;1-2H3. The highest BCUT2D eigenvalue weighted by atomic mass is 19.1. The van der Waals surface area contributed by atoms with Crippen molar-refractivity contribution in [2.75, 3.05) is 70.8 Å². The lowest BCUT2D eigenvalue weighted by molar-refractivity contribution is -0.121. The van der Waals surface area contributed by atoms with Crippen LogP contribution in [0.25, 0.3) is 11.0 Å². The van der Waals surface area contributed by atoms with Gasteiger partial charge in [-0.15, -0.1) is 0 Å². The molecule has 21 nitrogen and oxygen atoms in total. The lowest BCUT2D eigenvalue weighted by Crippen LogP contribution is -2.48. The minimum atomic E-state index is -0.806. The maximum atomic E-state index is 13.9. The zero-order chi connectivity index (χ0) is 63.0. The fraction of sp³-hybridized carbons (Fsp3) is 0.438. The molecule has 4 atom stereocenters. The SMILES string of the molecule is CC.COC(=O)c1ccc(NC(=O)C(C)N2CCC(Oc3ccnc(COc4ccc(F)cc4F)n3)CC2)c(NCC2CCO2)c1.COC(=O)c1ccc2nc(C(C)N3CCC(Oc4ccnc(COc5ccc(F)cc5F)n4)CC3)n(CC3CCO3)c2c1. The zero-order valence-electron chi connectivity index (χ0n) is 50.6. The second-order valence-electron chi connectivity index (χ2n) is 21.4. The average molecular weight is 1240 g/mol. The molecule has 89 heavy (non-hydrogen) atoms. The number of anilines is 2. The van der Waals surface area contributed by atoms with Crippen molar-refractivity contribution < 1.29 is 69.8 Å². The van der Waals surface area contributed by atoms with E-state index in [0.717, 1.165) is 93.1 Å². The molecule has 2 N–H and O–H groups in total. The van der Waals surface area contributed by atoms with Crippen LogP contribution in [-0.4, -0.2) is 148 Å². The van der Waals surface area contributed by atoms with Crippen LogP contribution in [0.15, 0.2) is 97.3 Å². The van der Waals surface area contributed by atoms with Gasteiger partial charge in [0.05, 0.1) is 78.6 Å². The Bertz CT molecular complexity index is 3520. The molecular weight excluding hydrogens is 1160 g/mol. The molecule has 4 aromatic carbocycles. The molecule has 25 heteroatoms. The normalized spacial score (nSPS) is 17.6. The van der Waals surface area contributed by atoms with Gasteiger partial charge in [0.15, 0.2) is 34.8 Å². The number of nitrogens with zero attached hydrogens (tertiary/aromatic N) is 8. The molecule has 4 fully saturated rings. The molecule has 1 amide bonds. The van der Waals surface area contributed by atoms with Crippen LogP contribution in [0.1, 0.15) is 110 Å². The fourth-order valence-electron chi connectivity index (χ4n) is 10.4. The van der Waals surface area contributed by atoms with Gasteiger partial charge in [-0.25, -0.2) is 42.1 Å². The van der Waals surface area contributed by atoms with E-state index in [1.807, 2.05) is 32.9 Å². The van der Waals surface area contributed by atoms with Gasteiger partial charge in [-0.3, -0.25) is 14.6 Å². The highest BCUT2D eigenvalue weighted by Gasteiger charge is 2.32.